The summed E-state index contributed by atoms with van der Waals surface area (Å²) < 4.78 is 1.65. The Bertz CT molecular complexity index is 637. The second kappa shape index (κ2) is 6.62. The zero-order valence-corrected chi connectivity index (χ0v) is 12.9. The Hall–Kier alpha value is -2.02. The molecule has 112 valence electrons. The normalized spacial score (nSPS) is 10.8. The molecule has 0 saturated heterocycles. The van der Waals surface area contributed by atoms with E-state index in [4.69, 9.17) is 5.73 Å². The third kappa shape index (κ3) is 3.36. The van der Waals surface area contributed by atoms with E-state index in [2.05, 4.69) is 12.0 Å². The van der Waals surface area contributed by atoms with Crippen LogP contribution >= 0.6 is 11.8 Å². The van der Waals surface area contributed by atoms with Gasteiger partial charge in [0.2, 0.25) is 0 Å². The number of nitrogens with zero attached hydrogens (tertiary/aromatic N) is 3. The molecule has 0 aliphatic carbocycles. The van der Waals surface area contributed by atoms with E-state index in [0.29, 0.717) is 5.82 Å². The molecule has 0 fully saturated rings. The van der Waals surface area contributed by atoms with E-state index in [-0.39, 0.29) is 5.69 Å². The predicted molar refractivity (Wildman–Crippen MR) is 86.2 cm³/mol. The number of hydrogen-bond acceptors (Lipinski definition) is 5. The van der Waals surface area contributed by atoms with Crippen molar-refractivity contribution in [2.45, 2.75) is 19.1 Å². The summed E-state index contributed by atoms with van der Waals surface area (Å²) in [7, 11) is 1.80. The number of benzene rings is 1. The maximum absolute atomic E-state index is 10.7. The van der Waals surface area contributed by atoms with Crippen molar-refractivity contribution in [3.63, 3.8) is 0 Å². The fraction of sp³-hybridized carbons (Fsp3) is 0.357. The Balaban J connectivity index is 2.35. The molecule has 0 unspecified atom stereocenters. The van der Waals surface area contributed by atoms with Gasteiger partial charge in [-0.1, -0.05) is 6.92 Å². The standard InChI is InChI=1S/C14H18N4O2S/c1-3-8-21-9-12-13(14(15)17(2)16-12)10-4-6-11(7-5-10)18(19)20/h4-7H,3,8-9,15H2,1-2H3. The number of hydrogen-bond donors (Lipinski definition) is 1. The van der Waals surface area contributed by atoms with Gasteiger partial charge in [-0.15, -0.1) is 0 Å². The number of nitrogen functional groups attached to an aromatic ring is 1. The lowest BCUT2D eigenvalue weighted by molar-refractivity contribution is -0.384. The zero-order chi connectivity index (χ0) is 15.4. The molecule has 0 spiro atoms. The number of aromatic nitrogens is 2. The summed E-state index contributed by atoms with van der Waals surface area (Å²) in [4.78, 5) is 10.3. The monoisotopic (exact) mass is 306 g/mol. The third-order valence-corrected chi connectivity index (χ3v) is 4.29. The smallest absolute Gasteiger partial charge is 0.269 e. The molecule has 6 nitrogen and oxygen atoms in total. The van der Waals surface area contributed by atoms with Crippen LogP contribution in [0.5, 0.6) is 0 Å². The second-order valence-electron chi connectivity index (χ2n) is 4.69. The number of thioether (sulfide) groups is 1. The van der Waals surface area contributed by atoms with Crippen LogP contribution in [0.1, 0.15) is 19.0 Å². The summed E-state index contributed by atoms with van der Waals surface area (Å²) in [6.45, 7) is 2.14. The molecule has 7 heteroatoms. The van der Waals surface area contributed by atoms with E-state index in [1.54, 1.807) is 35.6 Å². The minimum Gasteiger partial charge on any atom is -0.383 e. The molecule has 21 heavy (non-hydrogen) atoms. The quantitative estimate of drug-likeness (QED) is 0.503. The minimum absolute atomic E-state index is 0.0723. The first kappa shape index (κ1) is 15.4. The minimum atomic E-state index is -0.408. The molecule has 2 rings (SSSR count). The number of nitro benzene ring substituents is 1. The van der Waals surface area contributed by atoms with Gasteiger partial charge in [0.1, 0.15) is 5.82 Å². The molecule has 0 saturated carbocycles. The Kier molecular flexibility index (Phi) is 4.85. The highest BCUT2D eigenvalue weighted by Crippen LogP contribution is 2.32. The van der Waals surface area contributed by atoms with E-state index >= 15 is 0 Å². The van der Waals surface area contributed by atoms with Crippen LogP contribution in [0, 0.1) is 10.1 Å². The highest BCUT2D eigenvalue weighted by molar-refractivity contribution is 7.98. The zero-order valence-electron chi connectivity index (χ0n) is 12.1. The molecule has 0 radical (unpaired) electrons. The van der Waals surface area contributed by atoms with E-state index in [1.165, 1.54) is 12.1 Å². The van der Waals surface area contributed by atoms with Gasteiger partial charge in [-0.05, 0) is 29.9 Å². The number of non-ortho nitro benzene ring substituents is 1. The van der Waals surface area contributed by atoms with Gasteiger partial charge < -0.3 is 5.73 Å². The van der Waals surface area contributed by atoms with Crippen molar-refractivity contribution in [2.24, 2.45) is 7.05 Å². The number of nitrogens with two attached hydrogens (primary N) is 1. The maximum atomic E-state index is 10.7. The van der Waals surface area contributed by atoms with Crippen LogP contribution in [-0.2, 0) is 12.8 Å². The van der Waals surface area contributed by atoms with Gasteiger partial charge in [-0.25, -0.2) is 0 Å². The molecule has 0 aliphatic heterocycles. The van der Waals surface area contributed by atoms with Crippen molar-refractivity contribution in [1.82, 2.24) is 9.78 Å². The van der Waals surface area contributed by atoms with E-state index in [9.17, 15) is 10.1 Å². The fourth-order valence-corrected chi connectivity index (χ4v) is 2.90. The molecular formula is C14H18N4O2S. The molecule has 2 N–H and O–H groups in total. The lowest BCUT2D eigenvalue weighted by Crippen LogP contribution is -1.98. The fourth-order valence-electron chi connectivity index (χ4n) is 2.07. The van der Waals surface area contributed by atoms with Gasteiger partial charge in [-0.3, -0.25) is 14.8 Å². The van der Waals surface area contributed by atoms with Crippen molar-refractivity contribution < 1.29 is 4.92 Å². The Morgan fingerprint density at radius 3 is 2.62 bits per heavy atom. The van der Waals surface area contributed by atoms with Crippen molar-refractivity contribution in [1.29, 1.82) is 0 Å². The van der Waals surface area contributed by atoms with Crippen LogP contribution in [-0.4, -0.2) is 20.5 Å². The molecule has 1 heterocycles. The third-order valence-electron chi connectivity index (χ3n) is 3.12. The summed E-state index contributed by atoms with van der Waals surface area (Å²) in [6.07, 6.45) is 1.11. The van der Waals surface area contributed by atoms with Gasteiger partial charge in [0.25, 0.3) is 5.69 Å². The Labute approximate surface area is 127 Å². The highest BCUT2D eigenvalue weighted by atomic mass is 32.2. The van der Waals surface area contributed by atoms with Crippen LogP contribution in [0.25, 0.3) is 11.1 Å². The van der Waals surface area contributed by atoms with Gasteiger partial charge in [-0.2, -0.15) is 16.9 Å². The molecule has 0 atom stereocenters. The average Bonchev–Trinajstić information content (AvgIpc) is 2.74. The van der Waals surface area contributed by atoms with Gasteiger partial charge >= 0.3 is 0 Å². The first-order valence-corrected chi connectivity index (χ1v) is 7.84. The Morgan fingerprint density at radius 1 is 1.38 bits per heavy atom. The maximum Gasteiger partial charge on any atom is 0.269 e. The number of rotatable bonds is 6. The van der Waals surface area contributed by atoms with Gasteiger partial charge in [0.15, 0.2) is 0 Å². The molecule has 0 amide bonds. The van der Waals surface area contributed by atoms with Crippen LogP contribution in [0.4, 0.5) is 11.5 Å². The molecule has 0 aliphatic rings. The van der Waals surface area contributed by atoms with Crippen LogP contribution in [0.2, 0.25) is 0 Å². The number of anilines is 1. The lowest BCUT2D eigenvalue weighted by atomic mass is 10.1. The van der Waals surface area contributed by atoms with Crippen LogP contribution in [0.15, 0.2) is 24.3 Å². The molecule has 2 aromatic rings. The first-order chi connectivity index (χ1) is 10.0. The van der Waals surface area contributed by atoms with E-state index < -0.39 is 4.92 Å². The first-order valence-electron chi connectivity index (χ1n) is 6.68. The van der Waals surface area contributed by atoms with Gasteiger partial charge in [0, 0.05) is 30.5 Å². The van der Waals surface area contributed by atoms with Gasteiger partial charge in [0.05, 0.1) is 10.6 Å². The molecule has 1 aromatic carbocycles. The van der Waals surface area contributed by atoms with Crippen molar-refractivity contribution in [3.8, 4) is 11.1 Å². The molecule has 1 aromatic heterocycles. The summed E-state index contributed by atoms with van der Waals surface area (Å²) in [6, 6.07) is 6.43. The van der Waals surface area contributed by atoms with Crippen molar-refractivity contribution >= 4 is 23.3 Å². The van der Waals surface area contributed by atoms with E-state index in [0.717, 1.165) is 34.7 Å². The lowest BCUT2D eigenvalue weighted by Gasteiger charge is -2.04. The van der Waals surface area contributed by atoms with E-state index in [1.807, 2.05) is 0 Å². The van der Waals surface area contributed by atoms with Crippen molar-refractivity contribution in [2.75, 3.05) is 11.5 Å². The summed E-state index contributed by atoms with van der Waals surface area (Å²) in [5, 5.41) is 15.2. The number of aryl methyl sites for hydroxylation is 1. The largest absolute Gasteiger partial charge is 0.383 e. The number of nitro groups is 1. The summed E-state index contributed by atoms with van der Waals surface area (Å²) >= 11 is 1.81. The summed E-state index contributed by atoms with van der Waals surface area (Å²) in [5.41, 5.74) is 8.82. The highest BCUT2D eigenvalue weighted by Gasteiger charge is 2.16. The average molecular weight is 306 g/mol. The predicted octanol–water partition coefficient (Wildman–Crippen LogP) is 3.22. The van der Waals surface area contributed by atoms with Crippen LogP contribution in [0.3, 0.4) is 0 Å². The Morgan fingerprint density at radius 2 is 2.05 bits per heavy atom. The summed E-state index contributed by atoms with van der Waals surface area (Å²) in [5.74, 6) is 2.43. The SMILES string of the molecule is CCCSCc1nn(C)c(N)c1-c1ccc([N+](=O)[O-])cc1. The van der Waals surface area contributed by atoms with Crippen LogP contribution < -0.4 is 5.73 Å². The second-order valence-corrected chi connectivity index (χ2v) is 5.79. The molecule has 0 bridgehead atoms. The molecular weight excluding hydrogens is 288 g/mol. The van der Waals surface area contributed by atoms with Crippen molar-refractivity contribution in [3.05, 3.63) is 40.1 Å². The topological polar surface area (TPSA) is 87.0 Å².